The lowest BCUT2D eigenvalue weighted by Crippen LogP contribution is -2.34. The zero-order valence-electron chi connectivity index (χ0n) is 11.4. The molecule has 21 heavy (non-hydrogen) atoms. The molecule has 0 heterocycles. The fraction of sp³-hybridized carbons (Fsp3) is 0.467. The van der Waals surface area contributed by atoms with E-state index in [0.29, 0.717) is 12.8 Å². The smallest absolute Gasteiger partial charge is 0.308 e. The topological polar surface area (TPSA) is 73.1 Å². The number of rotatable bonds is 3. The first-order valence-corrected chi connectivity index (χ1v) is 6.91. The van der Waals surface area contributed by atoms with E-state index in [4.69, 9.17) is 5.26 Å². The molecule has 1 fully saturated rings. The fourth-order valence-corrected chi connectivity index (χ4v) is 2.74. The third-order valence-electron chi connectivity index (χ3n) is 3.83. The zero-order chi connectivity index (χ0) is 15.4. The van der Waals surface area contributed by atoms with Gasteiger partial charge in [0.05, 0.1) is 17.6 Å². The van der Waals surface area contributed by atoms with Crippen molar-refractivity contribution in [2.75, 3.05) is 5.32 Å². The van der Waals surface area contributed by atoms with Gasteiger partial charge in [0, 0.05) is 6.04 Å². The molecular formula is C15H16F2N2O2. The Balaban J connectivity index is 2.27. The summed E-state index contributed by atoms with van der Waals surface area (Å²) >= 11 is 0. The Kier molecular flexibility index (Phi) is 4.73. The van der Waals surface area contributed by atoms with Crippen LogP contribution in [-0.2, 0) is 4.79 Å². The van der Waals surface area contributed by atoms with Crippen LogP contribution in [0.25, 0.3) is 0 Å². The summed E-state index contributed by atoms with van der Waals surface area (Å²) in [5.74, 6) is -3.37. The number of carbonyl (C=O) groups is 1. The number of nitrogens with zero attached hydrogens (tertiary/aromatic N) is 1. The van der Waals surface area contributed by atoms with Crippen LogP contribution < -0.4 is 5.32 Å². The molecule has 1 saturated carbocycles. The predicted molar refractivity (Wildman–Crippen MR) is 72.7 cm³/mol. The second-order valence-electron chi connectivity index (χ2n) is 5.26. The molecule has 0 aromatic heterocycles. The lowest BCUT2D eigenvalue weighted by Gasteiger charge is -2.24. The SMILES string of the molecule is N#Cc1cc(F)c(NC2CCCCCC2C(=O)O)c(F)c1. The van der Waals surface area contributed by atoms with Crippen molar-refractivity contribution in [1.82, 2.24) is 0 Å². The van der Waals surface area contributed by atoms with Crippen LogP contribution >= 0.6 is 0 Å². The first kappa shape index (κ1) is 15.2. The van der Waals surface area contributed by atoms with Crippen molar-refractivity contribution in [3.05, 3.63) is 29.3 Å². The number of carboxylic acids is 1. The van der Waals surface area contributed by atoms with Gasteiger partial charge < -0.3 is 10.4 Å². The summed E-state index contributed by atoms with van der Waals surface area (Å²) in [7, 11) is 0. The monoisotopic (exact) mass is 294 g/mol. The summed E-state index contributed by atoms with van der Waals surface area (Å²) < 4.78 is 27.8. The molecule has 0 bridgehead atoms. The van der Waals surface area contributed by atoms with E-state index in [1.807, 2.05) is 0 Å². The van der Waals surface area contributed by atoms with Gasteiger partial charge in [-0.1, -0.05) is 19.3 Å². The number of hydrogen-bond acceptors (Lipinski definition) is 3. The highest BCUT2D eigenvalue weighted by atomic mass is 19.1. The molecule has 2 N–H and O–H groups in total. The fourth-order valence-electron chi connectivity index (χ4n) is 2.74. The van der Waals surface area contributed by atoms with Gasteiger partial charge in [0.1, 0.15) is 5.69 Å². The molecule has 1 aliphatic carbocycles. The third-order valence-corrected chi connectivity index (χ3v) is 3.83. The number of halogens is 2. The number of hydrogen-bond donors (Lipinski definition) is 2. The summed E-state index contributed by atoms with van der Waals surface area (Å²) in [5, 5.41) is 20.6. The van der Waals surface area contributed by atoms with E-state index in [1.165, 1.54) is 0 Å². The molecule has 1 aromatic rings. The Morgan fingerprint density at radius 2 is 1.86 bits per heavy atom. The molecule has 4 nitrogen and oxygen atoms in total. The van der Waals surface area contributed by atoms with Crippen LogP contribution in [0.5, 0.6) is 0 Å². The highest BCUT2D eigenvalue weighted by Crippen LogP contribution is 2.29. The van der Waals surface area contributed by atoms with Crippen molar-refractivity contribution in [1.29, 1.82) is 5.26 Å². The van der Waals surface area contributed by atoms with E-state index >= 15 is 0 Å². The van der Waals surface area contributed by atoms with E-state index in [0.717, 1.165) is 31.4 Å². The van der Waals surface area contributed by atoms with Crippen LogP contribution in [0.15, 0.2) is 12.1 Å². The van der Waals surface area contributed by atoms with Crippen molar-refractivity contribution in [2.24, 2.45) is 5.92 Å². The Bertz CT molecular complexity index is 561. The maximum Gasteiger partial charge on any atom is 0.308 e. The lowest BCUT2D eigenvalue weighted by atomic mass is 9.94. The van der Waals surface area contributed by atoms with Gasteiger partial charge >= 0.3 is 5.97 Å². The van der Waals surface area contributed by atoms with Gasteiger partial charge in [-0.25, -0.2) is 8.78 Å². The highest BCUT2D eigenvalue weighted by molar-refractivity contribution is 5.72. The van der Waals surface area contributed by atoms with Crippen molar-refractivity contribution in [3.8, 4) is 6.07 Å². The number of carboxylic acid groups (broad SMARTS) is 1. The van der Waals surface area contributed by atoms with Gasteiger partial charge in [-0.3, -0.25) is 4.79 Å². The molecule has 0 radical (unpaired) electrons. The van der Waals surface area contributed by atoms with Crippen molar-refractivity contribution in [2.45, 2.75) is 38.1 Å². The molecular weight excluding hydrogens is 278 g/mol. The molecule has 1 aromatic carbocycles. The minimum absolute atomic E-state index is 0.105. The highest BCUT2D eigenvalue weighted by Gasteiger charge is 2.30. The van der Waals surface area contributed by atoms with Crippen LogP contribution in [0, 0.1) is 28.9 Å². The van der Waals surface area contributed by atoms with E-state index in [9.17, 15) is 18.7 Å². The number of nitriles is 1. The molecule has 2 rings (SSSR count). The van der Waals surface area contributed by atoms with Crippen molar-refractivity contribution in [3.63, 3.8) is 0 Å². The molecule has 112 valence electrons. The van der Waals surface area contributed by atoms with Crippen LogP contribution in [0.4, 0.5) is 14.5 Å². The summed E-state index contributed by atoms with van der Waals surface area (Å²) in [6.07, 6.45) is 3.58. The summed E-state index contributed by atoms with van der Waals surface area (Å²) in [6.45, 7) is 0. The molecule has 0 aliphatic heterocycles. The summed E-state index contributed by atoms with van der Waals surface area (Å²) in [6, 6.07) is 3.05. The quantitative estimate of drug-likeness (QED) is 0.839. The van der Waals surface area contributed by atoms with E-state index in [-0.39, 0.29) is 11.3 Å². The van der Waals surface area contributed by atoms with E-state index in [1.54, 1.807) is 6.07 Å². The van der Waals surface area contributed by atoms with Crippen LogP contribution in [0.2, 0.25) is 0 Å². The zero-order valence-corrected chi connectivity index (χ0v) is 11.4. The third kappa shape index (κ3) is 3.48. The number of anilines is 1. The Morgan fingerprint density at radius 1 is 1.24 bits per heavy atom. The van der Waals surface area contributed by atoms with Gasteiger partial charge in [-0.2, -0.15) is 5.26 Å². The average molecular weight is 294 g/mol. The molecule has 2 unspecified atom stereocenters. The standard InChI is InChI=1S/C15H16F2N2O2/c16-11-6-9(8-18)7-12(17)14(11)19-13-5-3-1-2-4-10(13)15(20)21/h6-7,10,13,19H,1-5H2,(H,20,21). The molecule has 1 aliphatic rings. The minimum atomic E-state index is -0.955. The van der Waals surface area contributed by atoms with Crippen LogP contribution in [0.1, 0.15) is 37.7 Å². The number of nitrogens with one attached hydrogen (secondary N) is 1. The molecule has 6 heteroatoms. The predicted octanol–water partition coefficient (Wildman–Crippen LogP) is 3.28. The first-order chi connectivity index (χ1) is 10.0. The molecule has 0 saturated heterocycles. The summed E-state index contributed by atoms with van der Waals surface area (Å²) in [4.78, 5) is 11.3. The normalized spacial score (nSPS) is 22.1. The van der Waals surface area contributed by atoms with Gasteiger partial charge in [0.15, 0.2) is 11.6 Å². The van der Waals surface area contributed by atoms with Gasteiger partial charge in [0.25, 0.3) is 0 Å². The van der Waals surface area contributed by atoms with Gasteiger partial charge in [-0.05, 0) is 25.0 Å². The lowest BCUT2D eigenvalue weighted by molar-refractivity contribution is -0.142. The van der Waals surface area contributed by atoms with Gasteiger partial charge in [0.2, 0.25) is 0 Å². The summed E-state index contributed by atoms with van der Waals surface area (Å²) in [5.41, 5.74) is -0.460. The molecule has 0 amide bonds. The maximum atomic E-state index is 13.9. The Labute approximate surface area is 121 Å². The first-order valence-electron chi connectivity index (χ1n) is 6.91. The van der Waals surface area contributed by atoms with Gasteiger partial charge in [-0.15, -0.1) is 0 Å². The van der Waals surface area contributed by atoms with E-state index in [2.05, 4.69) is 5.32 Å². The van der Waals surface area contributed by atoms with Crippen molar-refractivity contribution >= 4 is 11.7 Å². The molecule has 2 atom stereocenters. The second-order valence-corrected chi connectivity index (χ2v) is 5.26. The minimum Gasteiger partial charge on any atom is -0.481 e. The second kappa shape index (κ2) is 6.53. The van der Waals surface area contributed by atoms with E-state index < -0.39 is 29.6 Å². The number of aliphatic carboxylic acids is 1. The Hall–Kier alpha value is -2.16. The average Bonchev–Trinajstić information content (AvgIpc) is 2.67. The van der Waals surface area contributed by atoms with Crippen LogP contribution in [-0.4, -0.2) is 17.1 Å². The Morgan fingerprint density at radius 3 is 2.43 bits per heavy atom. The van der Waals surface area contributed by atoms with Crippen LogP contribution in [0.3, 0.4) is 0 Å². The van der Waals surface area contributed by atoms with Crippen molar-refractivity contribution < 1.29 is 18.7 Å². The largest absolute Gasteiger partial charge is 0.481 e. The maximum absolute atomic E-state index is 13.9. The molecule has 0 spiro atoms. The number of benzene rings is 1.